The molecule has 4 aliphatic heterocycles. The van der Waals surface area contributed by atoms with Gasteiger partial charge in [-0.2, -0.15) is 5.10 Å². The van der Waals surface area contributed by atoms with Gasteiger partial charge in [-0.25, -0.2) is 4.68 Å². The van der Waals surface area contributed by atoms with Gasteiger partial charge in [0.15, 0.2) is 5.69 Å². The number of ether oxygens (including phenoxy) is 3. The maximum Gasteiger partial charge on any atom is 0.317 e. The Labute approximate surface area is 478 Å². The minimum atomic E-state index is -1.19. The molecule has 1 atom stereocenters. The average Bonchev–Trinajstić information content (AvgIpc) is 2.97. The quantitative estimate of drug-likeness (QED) is 0.0886. The van der Waals surface area contributed by atoms with E-state index in [4.69, 9.17) is 48.2 Å². The van der Waals surface area contributed by atoms with E-state index in [2.05, 4.69) is 10.6 Å². The Kier molecular flexibility index (Phi) is 19.9. The topological polar surface area (TPSA) is 295 Å². The predicted octanol–water partition coefficient (Wildman–Crippen LogP) is 2.90. The van der Waals surface area contributed by atoms with Gasteiger partial charge in [-0.15, -0.1) is 0 Å². The van der Waals surface area contributed by atoms with Crippen LogP contribution in [0.5, 0.6) is 11.5 Å². The predicted molar refractivity (Wildman–Crippen MR) is 299 cm³/mol. The molecule has 0 radical (unpaired) electrons. The van der Waals surface area contributed by atoms with Crippen LogP contribution in [0, 0.1) is 0 Å². The van der Waals surface area contributed by atoms with Gasteiger partial charge in [0.2, 0.25) is 17.7 Å². The van der Waals surface area contributed by atoms with Crippen molar-refractivity contribution >= 4 is 70.4 Å². The molecule has 3 aromatic carbocycles. The highest BCUT2D eigenvalue weighted by molar-refractivity contribution is 6.34. The second kappa shape index (κ2) is 26.8. The average molecular weight is 1160 g/mol. The Morgan fingerprint density at radius 3 is 1.90 bits per heavy atom. The zero-order valence-electron chi connectivity index (χ0n) is 45.5. The molecular weight excluding hydrogens is 1090 g/mol. The van der Waals surface area contributed by atoms with E-state index in [0.717, 1.165) is 0 Å². The lowest BCUT2D eigenvalue weighted by molar-refractivity contribution is -0.141. The SMILES string of the molecule is COc1cc2c(cc1-c1cccc(NC(=O)CC(N)C(=O)NC3CCN(C(=O)CN4CCN(CC(=O)O)CCN(CC(=O)O)CCN(CC(=O)O)CC4)CC3)c1)-c1c(c(C(=O)N3CCOCC3(C)C)nn1-c1cc(Cl)cc(Cl)c1)CO2. The van der Waals surface area contributed by atoms with Crippen LogP contribution in [0.1, 0.15) is 49.2 Å². The van der Waals surface area contributed by atoms with Gasteiger partial charge in [0.05, 0.1) is 75.9 Å². The largest absolute Gasteiger partial charge is 0.496 e. The monoisotopic (exact) mass is 1160 g/mol. The molecule has 4 amide bonds. The molecule has 1 unspecified atom stereocenters. The number of methoxy groups -OCH3 is 1. The number of amides is 4. The van der Waals surface area contributed by atoms with E-state index in [1.807, 2.05) is 30.9 Å². The fourth-order valence-corrected chi connectivity index (χ4v) is 11.1. The standard InChI is InChI=1S/C55H69Cl2N11O13/c1-55(2)33-80-20-19-67(55)54(78)51-42-32-81-45-27-44(79-3)40(25-41(45)52(42)68(61-51)39-23-35(56)22-36(57)24-39)34-5-4-6-38(21-34)59-46(69)26-43(58)53(77)60-37-7-9-66(10-8-37)47(70)28-62-11-13-63(29-48(71)72)15-17-65(31-50(75)76)18-16-64(14-12-62)30-49(73)74/h4-6,21-25,27,37,43H,7-20,26,28-33,58H2,1-3H3,(H,59,69)(H,60,77)(H,71,72)(H,73,74)(H,75,76). The molecule has 0 bridgehead atoms. The van der Waals surface area contributed by atoms with Gasteiger partial charge in [0, 0.05) is 117 Å². The van der Waals surface area contributed by atoms with Crippen molar-refractivity contribution in [2.45, 2.75) is 57.3 Å². The van der Waals surface area contributed by atoms with Crippen LogP contribution in [0.2, 0.25) is 10.0 Å². The number of aliphatic carboxylic acids is 3. The van der Waals surface area contributed by atoms with E-state index in [9.17, 15) is 48.9 Å². The first-order valence-electron chi connectivity index (χ1n) is 26.8. The van der Waals surface area contributed by atoms with Crippen molar-refractivity contribution in [2.75, 3.05) is 124 Å². The highest BCUT2D eigenvalue weighted by atomic mass is 35.5. The fraction of sp³-hybridized carbons (Fsp3) is 0.491. The van der Waals surface area contributed by atoms with Gasteiger partial charge in [-0.3, -0.25) is 53.2 Å². The van der Waals surface area contributed by atoms with Gasteiger partial charge in [-0.05, 0) is 68.7 Å². The summed E-state index contributed by atoms with van der Waals surface area (Å²) in [5.74, 6) is -3.67. The first-order valence-corrected chi connectivity index (χ1v) is 27.5. The number of morpholine rings is 1. The number of nitrogens with zero attached hydrogens (tertiary/aromatic N) is 8. The molecular formula is C55H69Cl2N11O13. The molecule has 3 saturated heterocycles. The maximum atomic E-state index is 14.4. The lowest BCUT2D eigenvalue weighted by atomic mass is 9.95. The van der Waals surface area contributed by atoms with Crippen LogP contribution in [0.4, 0.5) is 5.69 Å². The number of hydrogen-bond donors (Lipinski definition) is 6. The Morgan fingerprint density at radius 1 is 0.765 bits per heavy atom. The lowest BCUT2D eigenvalue weighted by Crippen LogP contribution is -2.55. The number of nitrogens with two attached hydrogens (primary N) is 1. The third-order valence-corrected chi connectivity index (χ3v) is 15.3. The lowest BCUT2D eigenvalue weighted by Gasteiger charge is -2.41. The Morgan fingerprint density at radius 2 is 1.35 bits per heavy atom. The number of halogens is 2. The van der Waals surface area contributed by atoms with Crippen LogP contribution in [0.3, 0.4) is 0 Å². The second-order valence-electron chi connectivity index (χ2n) is 21.3. The molecule has 81 heavy (non-hydrogen) atoms. The van der Waals surface area contributed by atoms with Gasteiger partial charge < -0.3 is 55.7 Å². The normalized spacial score (nSPS) is 18.2. The summed E-state index contributed by atoms with van der Waals surface area (Å²) in [4.78, 5) is 100. The fourth-order valence-electron chi connectivity index (χ4n) is 10.6. The number of fused-ring (bicyclic) bond motifs is 3. The third kappa shape index (κ3) is 15.6. The molecule has 7 N–H and O–H groups in total. The Balaban J connectivity index is 0.891. The van der Waals surface area contributed by atoms with Crippen molar-refractivity contribution < 1.29 is 63.1 Å². The van der Waals surface area contributed by atoms with E-state index in [1.54, 1.807) is 71.6 Å². The summed E-state index contributed by atoms with van der Waals surface area (Å²) in [6.07, 6.45) is 0.523. The van der Waals surface area contributed by atoms with Crippen LogP contribution in [0.25, 0.3) is 28.1 Å². The van der Waals surface area contributed by atoms with Crippen molar-refractivity contribution in [3.05, 3.63) is 75.9 Å². The highest BCUT2D eigenvalue weighted by Gasteiger charge is 2.40. The number of benzene rings is 3. The van der Waals surface area contributed by atoms with Crippen molar-refractivity contribution in [3.63, 3.8) is 0 Å². The van der Waals surface area contributed by atoms with E-state index in [1.165, 1.54) is 7.11 Å². The number of aromatic nitrogens is 2. The first-order chi connectivity index (χ1) is 38.6. The number of likely N-dealkylation sites (tertiary alicyclic amines) is 1. The van der Waals surface area contributed by atoms with Crippen molar-refractivity contribution in [1.29, 1.82) is 0 Å². The summed E-state index contributed by atoms with van der Waals surface area (Å²) >= 11 is 13.0. The van der Waals surface area contributed by atoms with E-state index < -0.39 is 41.3 Å². The van der Waals surface area contributed by atoms with Gasteiger partial charge in [0.25, 0.3) is 5.91 Å². The maximum absolute atomic E-state index is 14.4. The number of rotatable bonds is 17. The first kappa shape index (κ1) is 60.2. The molecule has 0 saturated carbocycles. The van der Waals surface area contributed by atoms with Gasteiger partial charge in [-0.1, -0.05) is 35.3 Å². The van der Waals surface area contributed by atoms with Crippen LogP contribution in [0.15, 0.2) is 54.6 Å². The molecule has 4 aliphatic rings. The van der Waals surface area contributed by atoms with Crippen molar-refractivity contribution in [3.8, 4) is 39.6 Å². The second-order valence-corrected chi connectivity index (χ2v) is 22.1. The number of carboxylic acids is 3. The molecule has 0 aliphatic carbocycles. The molecule has 0 spiro atoms. The zero-order valence-corrected chi connectivity index (χ0v) is 47.0. The van der Waals surface area contributed by atoms with E-state index >= 15 is 0 Å². The summed E-state index contributed by atoms with van der Waals surface area (Å²) < 4.78 is 19.6. The summed E-state index contributed by atoms with van der Waals surface area (Å²) in [6.45, 7) is 7.06. The molecule has 5 heterocycles. The molecule has 1 aromatic heterocycles. The van der Waals surface area contributed by atoms with E-state index in [0.29, 0.717) is 120 Å². The van der Waals surface area contributed by atoms with Crippen molar-refractivity contribution in [2.24, 2.45) is 5.73 Å². The number of carbonyl (C=O) groups is 7. The summed E-state index contributed by atoms with van der Waals surface area (Å²) in [7, 11) is 1.53. The minimum absolute atomic E-state index is 0.00427. The smallest absolute Gasteiger partial charge is 0.317 e. The molecule has 24 nitrogen and oxygen atoms in total. The molecule has 4 aromatic rings. The highest BCUT2D eigenvalue weighted by Crippen LogP contribution is 2.47. The van der Waals surface area contributed by atoms with Gasteiger partial charge >= 0.3 is 17.9 Å². The molecule has 3 fully saturated rings. The van der Waals surface area contributed by atoms with Crippen LogP contribution >= 0.6 is 23.2 Å². The Bertz CT molecular complexity index is 2950. The molecule has 26 heteroatoms. The van der Waals surface area contributed by atoms with Crippen LogP contribution in [-0.4, -0.2) is 232 Å². The number of hydrogen-bond acceptors (Lipinski definition) is 16. The minimum Gasteiger partial charge on any atom is -0.496 e. The molecule has 436 valence electrons. The number of carboxylic acid groups (broad SMARTS) is 3. The molecule has 8 rings (SSSR count). The zero-order chi connectivity index (χ0) is 58.1. The third-order valence-electron chi connectivity index (χ3n) is 14.9. The summed E-state index contributed by atoms with van der Waals surface area (Å²) in [5.41, 5.74) is 9.93. The van der Waals surface area contributed by atoms with Crippen LogP contribution in [-0.2, 0) is 40.1 Å². The number of anilines is 1. The van der Waals surface area contributed by atoms with Gasteiger partial charge in [0.1, 0.15) is 18.1 Å². The number of piperidine rings is 1. The number of carbonyl (C=O) groups excluding carboxylic acids is 4. The van der Waals surface area contributed by atoms with Crippen molar-refractivity contribution in [1.82, 2.24) is 44.5 Å². The summed E-state index contributed by atoms with van der Waals surface area (Å²) in [5, 5.41) is 40.1. The number of nitrogens with one attached hydrogen (secondary N) is 2. The van der Waals surface area contributed by atoms with E-state index in [-0.39, 0.29) is 102 Å². The Hall–Kier alpha value is -6.90. The van der Waals surface area contributed by atoms with Crippen LogP contribution < -0.4 is 25.8 Å². The summed E-state index contributed by atoms with van der Waals surface area (Å²) in [6, 6.07) is 14.2.